The number of aromatic nitrogens is 4. The lowest BCUT2D eigenvalue weighted by Crippen LogP contribution is -2.31. The zero-order chi connectivity index (χ0) is 23.1. The monoisotopic (exact) mass is 501 g/mol. The van der Waals surface area contributed by atoms with Gasteiger partial charge in [0.25, 0.3) is 0 Å². The SMILES string of the molecule is CCCCn1nnnc1C(NC(CC(=O)O)c1cccc(C)c1)c1ccc(OC)c(Br)c1. The molecular weight excluding hydrogens is 474 g/mol. The van der Waals surface area contributed by atoms with Crippen molar-refractivity contribution in [2.45, 2.75) is 51.7 Å². The second kappa shape index (κ2) is 11.2. The van der Waals surface area contributed by atoms with E-state index in [4.69, 9.17) is 4.74 Å². The summed E-state index contributed by atoms with van der Waals surface area (Å²) in [7, 11) is 1.61. The molecule has 0 aliphatic carbocycles. The van der Waals surface area contributed by atoms with Crippen LogP contribution in [0.2, 0.25) is 0 Å². The Morgan fingerprint density at radius 3 is 2.72 bits per heavy atom. The van der Waals surface area contributed by atoms with Crippen LogP contribution in [0, 0.1) is 6.92 Å². The minimum absolute atomic E-state index is 0.0756. The van der Waals surface area contributed by atoms with E-state index in [0.29, 0.717) is 18.1 Å². The number of hydrogen-bond acceptors (Lipinski definition) is 6. The summed E-state index contributed by atoms with van der Waals surface area (Å²) in [6.07, 6.45) is 1.87. The summed E-state index contributed by atoms with van der Waals surface area (Å²) >= 11 is 3.55. The second-order valence-corrected chi connectivity index (χ2v) is 8.53. The van der Waals surface area contributed by atoms with E-state index < -0.39 is 18.1 Å². The Bertz CT molecular complexity index is 1060. The lowest BCUT2D eigenvalue weighted by Gasteiger charge is -2.26. The van der Waals surface area contributed by atoms with Crippen LogP contribution >= 0.6 is 15.9 Å². The molecule has 0 spiro atoms. The van der Waals surface area contributed by atoms with Crippen LogP contribution in [0.1, 0.15) is 60.8 Å². The predicted octanol–water partition coefficient (Wildman–Crippen LogP) is 4.45. The molecule has 3 aromatic rings. The third-order valence-electron chi connectivity index (χ3n) is 5.24. The van der Waals surface area contributed by atoms with Gasteiger partial charge in [-0.05, 0) is 63.0 Å². The normalized spacial score (nSPS) is 13.0. The number of carboxylic acids is 1. The molecule has 2 aromatic carbocycles. The zero-order valence-corrected chi connectivity index (χ0v) is 20.0. The molecule has 1 heterocycles. The number of unbranched alkanes of at least 4 members (excludes halogenated alkanes) is 1. The van der Waals surface area contributed by atoms with E-state index >= 15 is 0 Å². The first-order chi connectivity index (χ1) is 15.4. The summed E-state index contributed by atoms with van der Waals surface area (Å²) in [5.41, 5.74) is 2.86. The van der Waals surface area contributed by atoms with Crippen LogP contribution in [-0.4, -0.2) is 38.4 Å². The number of aliphatic carboxylic acids is 1. The molecule has 0 fully saturated rings. The number of benzene rings is 2. The number of nitrogens with one attached hydrogen (secondary N) is 1. The standard InChI is InChI=1S/C23H28BrN5O3/c1-4-5-11-29-23(26-27-28-29)22(17-9-10-20(32-3)18(24)13-17)25-19(14-21(30)31)16-8-6-7-15(2)12-16/h6-10,12-13,19,22,25H,4-5,11,14H2,1-3H3,(H,30,31). The number of tetrazole rings is 1. The lowest BCUT2D eigenvalue weighted by atomic mass is 9.98. The lowest BCUT2D eigenvalue weighted by molar-refractivity contribution is -0.137. The number of halogens is 1. The fourth-order valence-electron chi connectivity index (χ4n) is 3.60. The van der Waals surface area contributed by atoms with Gasteiger partial charge in [0.1, 0.15) is 5.75 Å². The van der Waals surface area contributed by atoms with Crippen molar-refractivity contribution in [1.29, 1.82) is 0 Å². The highest BCUT2D eigenvalue weighted by Gasteiger charge is 2.27. The van der Waals surface area contributed by atoms with Gasteiger partial charge in [0.15, 0.2) is 5.82 Å². The average molecular weight is 502 g/mol. The number of hydrogen-bond donors (Lipinski definition) is 2. The molecule has 2 unspecified atom stereocenters. The molecule has 3 rings (SSSR count). The van der Waals surface area contributed by atoms with Crippen molar-refractivity contribution < 1.29 is 14.6 Å². The van der Waals surface area contributed by atoms with Gasteiger partial charge in [-0.1, -0.05) is 49.2 Å². The van der Waals surface area contributed by atoms with Crippen molar-refractivity contribution in [1.82, 2.24) is 25.5 Å². The molecule has 32 heavy (non-hydrogen) atoms. The van der Waals surface area contributed by atoms with Gasteiger partial charge >= 0.3 is 5.97 Å². The third-order valence-corrected chi connectivity index (χ3v) is 5.86. The van der Waals surface area contributed by atoms with Gasteiger partial charge < -0.3 is 9.84 Å². The topological polar surface area (TPSA) is 102 Å². The van der Waals surface area contributed by atoms with Gasteiger partial charge in [-0.3, -0.25) is 10.1 Å². The maximum absolute atomic E-state index is 11.7. The van der Waals surface area contributed by atoms with Gasteiger partial charge in [0.2, 0.25) is 0 Å². The number of rotatable bonds is 11. The molecule has 9 heteroatoms. The highest BCUT2D eigenvalue weighted by Crippen LogP contribution is 2.32. The van der Waals surface area contributed by atoms with Crippen LogP contribution in [0.4, 0.5) is 0 Å². The number of ether oxygens (including phenoxy) is 1. The highest BCUT2D eigenvalue weighted by atomic mass is 79.9. The summed E-state index contributed by atoms with van der Waals surface area (Å²) in [4.78, 5) is 11.7. The molecule has 0 amide bonds. The van der Waals surface area contributed by atoms with Gasteiger partial charge in [-0.15, -0.1) is 5.10 Å². The van der Waals surface area contributed by atoms with Crippen LogP contribution in [0.3, 0.4) is 0 Å². The van der Waals surface area contributed by atoms with Crippen molar-refractivity contribution in [3.8, 4) is 5.75 Å². The number of carbonyl (C=O) groups is 1. The first-order valence-electron chi connectivity index (χ1n) is 10.6. The number of carboxylic acid groups (broad SMARTS) is 1. The molecule has 0 radical (unpaired) electrons. The molecule has 170 valence electrons. The van der Waals surface area contributed by atoms with Crippen LogP contribution in [-0.2, 0) is 11.3 Å². The highest BCUT2D eigenvalue weighted by molar-refractivity contribution is 9.10. The zero-order valence-electron chi connectivity index (χ0n) is 18.5. The number of aryl methyl sites for hydroxylation is 2. The van der Waals surface area contributed by atoms with Crippen molar-refractivity contribution in [3.63, 3.8) is 0 Å². The molecule has 2 atom stereocenters. The average Bonchev–Trinajstić information content (AvgIpc) is 3.23. The quantitative estimate of drug-likeness (QED) is 0.400. The smallest absolute Gasteiger partial charge is 0.305 e. The summed E-state index contributed by atoms with van der Waals surface area (Å²) in [6, 6.07) is 12.8. The second-order valence-electron chi connectivity index (χ2n) is 7.67. The van der Waals surface area contributed by atoms with Crippen LogP contribution < -0.4 is 10.1 Å². The molecule has 0 saturated heterocycles. The van der Waals surface area contributed by atoms with Crippen molar-refractivity contribution in [2.75, 3.05) is 7.11 Å². The Labute approximate surface area is 196 Å². The summed E-state index contributed by atoms with van der Waals surface area (Å²) in [6.45, 7) is 4.79. The first kappa shape index (κ1) is 23.9. The fraction of sp³-hybridized carbons (Fsp3) is 0.391. The van der Waals surface area contributed by atoms with E-state index in [-0.39, 0.29) is 6.42 Å². The third kappa shape index (κ3) is 5.92. The molecule has 0 aliphatic heterocycles. The van der Waals surface area contributed by atoms with E-state index in [1.807, 2.05) is 49.4 Å². The molecule has 0 saturated carbocycles. The van der Waals surface area contributed by atoms with Crippen molar-refractivity contribution in [3.05, 3.63) is 69.5 Å². The largest absolute Gasteiger partial charge is 0.496 e. The van der Waals surface area contributed by atoms with E-state index in [0.717, 1.165) is 34.0 Å². The first-order valence-corrected chi connectivity index (χ1v) is 11.4. The number of nitrogens with zero attached hydrogens (tertiary/aromatic N) is 4. The maximum atomic E-state index is 11.7. The van der Waals surface area contributed by atoms with E-state index in [1.54, 1.807) is 11.8 Å². The molecule has 0 aliphatic rings. The summed E-state index contributed by atoms with van der Waals surface area (Å²) in [5.74, 6) is 0.460. The predicted molar refractivity (Wildman–Crippen MR) is 125 cm³/mol. The summed E-state index contributed by atoms with van der Waals surface area (Å²) in [5, 5.41) is 25.5. The Morgan fingerprint density at radius 1 is 1.25 bits per heavy atom. The van der Waals surface area contributed by atoms with Gasteiger partial charge in [0, 0.05) is 12.6 Å². The van der Waals surface area contributed by atoms with E-state index in [1.165, 1.54) is 0 Å². The molecular formula is C23H28BrN5O3. The summed E-state index contributed by atoms with van der Waals surface area (Å²) < 4.78 is 7.95. The van der Waals surface area contributed by atoms with Crippen LogP contribution in [0.25, 0.3) is 0 Å². The molecule has 0 bridgehead atoms. The Balaban J connectivity index is 2.05. The molecule has 8 nitrogen and oxygen atoms in total. The fourth-order valence-corrected chi connectivity index (χ4v) is 4.16. The van der Waals surface area contributed by atoms with Crippen LogP contribution in [0.15, 0.2) is 46.9 Å². The van der Waals surface area contributed by atoms with Crippen molar-refractivity contribution in [2.24, 2.45) is 0 Å². The van der Waals surface area contributed by atoms with E-state index in [2.05, 4.69) is 43.7 Å². The van der Waals surface area contributed by atoms with Gasteiger partial charge in [0.05, 0.1) is 24.0 Å². The Morgan fingerprint density at radius 2 is 2.06 bits per heavy atom. The minimum Gasteiger partial charge on any atom is -0.496 e. The van der Waals surface area contributed by atoms with E-state index in [9.17, 15) is 9.90 Å². The van der Waals surface area contributed by atoms with Gasteiger partial charge in [-0.25, -0.2) is 4.68 Å². The molecule has 1 aromatic heterocycles. The van der Waals surface area contributed by atoms with Crippen molar-refractivity contribution >= 4 is 21.9 Å². The number of methoxy groups -OCH3 is 1. The minimum atomic E-state index is -0.885. The maximum Gasteiger partial charge on any atom is 0.305 e. The molecule has 2 N–H and O–H groups in total. The Hall–Kier alpha value is -2.78. The Kier molecular flexibility index (Phi) is 8.35. The van der Waals surface area contributed by atoms with Gasteiger partial charge in [-0.2, -0.15) is 0 Å². The van der Waals surface area contributed by atoms with Crippen LogP contribution in [0.5, 0.6) is 5.75 Å².